The minimum atomic E-state index is -0.806. The van der Waals surface area contributed by atoms with Crippen molar-refractivity contribution in [3.05, 3.63) is 29.6 Å². The van der Waals surface area contributed by atoms with Crippen LogP contribution >= 0.6 is 0 Å². The van der Waals surface area contributed by atoms with Gasteiger partial charge in [0.25, 0.3) is 0 Å². The lowest BCUT2D eigenvalue weighted by molar-refractivity contribution is -0.138. The van der Waals surface area contributed by atoms with Crippen molar-refractivity contribution in [3.8, 4) is 0 Å². The molecule has 2 aliphatic heterocycles. The maximum atomic E-state index is 13.2. The first-order chi connectivity index (χ1) is 7.66. The first-order valence-corrected chi connectivity index (χ1v) is 5.46. The molecule has 0 spiro atoms. The zero-order valence-electron chi connectivity index (χ0n) is 8.69. The minimum Gasteiger partial charge on any atom is -0.480 e. The summed E-state index contributed by atoms with van der Waals surface area (Å²) in [5.41, 5.74) is 1.84. The summed E-state index contributed by atoms with van der Waals surface area (Å²) in [5.74, 6) is -1.10. The van der Waals surface area contributed by atoms with Crippen LogP contribution in [-0.2, 0) is 11.2 Å². The third-order valence-corrected chi connectivity index (χ3v) is 3.57. The van der Waals surface area contributed by atoms with Gasteiger partial charge in [-0.05, 0) is 37.0 Å². The van der Waals surface area contributed by atoms with E-state index in [1.165, 1.54) is 12.1 Å². The Hall–Kier alpha value is -1.58. The molecule has 0 bridgehead atoms. The van der Waals surface area contributed by atoms with Gasteiger partial charge in [-0.15, -0.1) is 0 Å². The van der Waals surface area contributed by atoms with Crippen LogP contribution in [0, 0.1) is 5.82 Å². The van der Waals surface area contributed by atoms with E-state index >= 15 is 0 Å². The van der Waals surface area contributed by atoms with Crippen LogP contribution in [0.2, 0.25) is 0 Å². The van der Waals surface area contributed by atoms with Crippen molar-refractivity contribution in [1.82, 2.24) is 0 Å². The summed E-state index contributed by atoms with van der Waals surface area (Å²) >= 11 is 0. The molecule has 1 N–H and O–H groups in total. The zero-order valence-corrected chi connectivity index (χ0v) is 8.69. The Kier molecular flexibility index (Phi) is 1.93. The lowest BCUT2D eigenvalue weighted by Crippen LogP contribution is -2.38. The number of rotatable bonds is 1. The molecule has 0 saturated carbocycles. The van der Waals surface area contributed by atoms with E-state index in [-0.39, 0.29) is 11.9 Å². The summed E-state index contributed by atoms with van der Waals surface area (Å²) in [7, 11) is 0. The van der Waals surface area contributed by atoms with E-state index in [1.807, 2.05) is 4.90 Å². The number of hydrogen-bond donors (Lipinski definition) is 1. The highest BCUT2D eigenvalue weighted by molar-refractivity contribution is 5.81. The Bertz CT molecular complexity index is 460. The number of anilines is 1. The number of carboxylic acid groups (broad SMARTS) is 1. The van der Waals surface area contributed by atoms with Crippen LogP contribution in [0.3, 0.4) is 0 Å². The van der Waals surface area contributed by atoms with Gasteiger partial charge in [0.2, 0.25) is 0 Å². The topological polar surface area (TPSA) is 40.5 Å². The summed E-state index contributed by atoms with van der Waals surface area (Å²) in [6, 6.07) is 4.43. The maximum absolute atomic E-state index is 13.2. The maximum Gasteiger partial charge on any atom is 0.326 e. The highest BCUT2D eigenvalue weighted by Gasteiger charge is 2.42. The van der Waals surface area contributed by atoms with Gasteiger partial charge in [0.15, 0.2) is 0 Å². The van der Waals surface area contributed by atoms with Crippen molar-refractivity contribution in [3.63, 3.8) is 0 Å². The van der Waals surface area contributed by atoms with Gasteiger partial charge in [0, 0.05) is 11.7 Å². The van der Waals surface area contributed by atoms with Crippen LogP contribution in [0.1, 0.15) is 18.4 Å². The molecular weight excluding hydrogens is 209 g/mol. The molecule has 1 aromatic carbocycles. The van der Waals surface area contributed by atoms with Crippen LogP contribution in [0.15, 0.2) is 18.2 Å². The van der Waals surface area contributed by atoms with Crippen LogP contribution < -0.4 is 4.90 Å². The van der Waals surface area contributed by atoms with Gasteiger partial charge in [-0.1, -0.05) is 6.07 Å². The molecule has 1 saturated heterocycles. The van der Waals surface area contributed by atoms with Crippen LogP contribution in [-0.4, -0.2) is 23.2 Å². The molecule has 3 rings (SSSR count). The smallest absolute Gasteiger partial charge is 0.326 e. The molecule has 1 aromatic rings. The molecule has 0 radical (unpaired) electrons. The molecule has 2 atom stereocenters. The van der Waals surface area contributed by atoms with Crippen molar-refractivity contribution in [2.75, 3.05) is 4.90 Å². The molecule has 84 valence electrons. The van der Waals surface area contributed by atoms with Crippen molar-refractivity contribution in [2.45, 2.75) is 31.3 Å². The zero-order chi connectivity index (χ0) is 11.3. The van der Waals surface area contributed by atoms with Gasteiger partial charge in [0.1, 0.15) is 11.9 Å². The van der Waals surface area contributed by atoms with E-state index in [9.17, 15) is 9.18 Å². The third kappa shape index (κ3) is 1.22. The second-order valence-corrected chi connectivity index (χ2v) is 4.47. The van der Waals surface area contributed by atoms with Crippen LogP contribution in [0.5, 0.6) is 0 Å². The lowest BCUT2D eigenvalue weighted by Gasteiger charge is -2.24. The lowest BCUT2D eigenvalue weighted by atomic mass is 10.1. The summed E-state index contributed by atoms with van der Waals surface area (Å²) < 4.78 is 13.2. The monoisotopic (exact) mass is 221 g/mol. The quantitative estimate of drug-likeness (QED) is 0.786. The molecule has 2 aliphatic rings. The molecule has 4 heteroatoms. The average Bonchev–Trinajstić information content (AvgIpc) is 2.76. The minimum absolute atomic E-state index is 0.248. The number of carboxylic acids is 1. The van der Waals surface area contributed by atoms with E-state index in [0.717, 1.165) is 24.1 Å². The van der Waals surface area contributed by atoms with E-state index in [1.54, 1.807) is 6.07 Å². The standard InChI is InChI=1S/C12H12FNO2/c13-8-2-1-7-5-9-3-4-10(12(15)16)14(9)11(7)6-8/h1-2,6,9-10H,3-5H2,(H,15,16). The molecule has 16 heavy (non-hydrogen) atoms. The van der Waals surface area contributed by atoms with Crippen LogP contribution in [0.25, 0.3) is 0 Å². The number of carbonyl (C=O) groups is 1. The Morgan fingerprint density at radius 2 is 2.25 bits per heavy atom. The van der Waals surface area contributed by atoms with Gasteiger partial charge in [0.05, 0.1) is 0 Å². The van der Waals surface area contributed by atoms with E-state index in [4.69, 9.17) is 5.11 Å². The van der Waals surface area contributed by atoms with Crippen molar-refractivity contribution >= 4 is 11.7 Å². The van der Waals surface area contributed by atoms with E-state index < -0.39 is 12.0 Å². The number of halogens is 1. The molecule has 2 unspecified atom stereocenters. The van der Waals surface area contributed by atoms with Crippen LogP contribution in [0.4, 0.5) is 10.1 Å². The van der Waals surface area contributed by atoms with Gasteiger partial charge in [-0.25, -0.2) is 9.18 Å². The van der Waals surface area contributed by atoms with Crippen molar-refractivity contribution in [2.24, 2.45) is 0 Å². The second kappa shape index (κ2) is 3.20. The summed E-state index contributed by atoms with van der Waals surface area (Å²) in [5, 5.41) is 9.12. The predicted molar refractivity (Wildman–Crippen MR) is 57.0 cm³/mol. The van der Waals surface area contributed by atoms with E-state index in [0.29, 0.717) is 6.42 Å². The average molecular weight is 221 g/mol. The highest BCUT2D eigenvalue weighted by atomic mass is 19.1. The Labute approximate surface area is 92.5 Å². The first kappa shape index (κ1) is 9.63. The van der Waals surface area contributed by atoms with Gasteiger partial charge >= 0.3 is 5.97 Å². The second-order valence-electron chi connectivity index (χ2n) is 4.47. The number of hydrogen-bond acceptors (Lipinski definition) is 2. The van der Waals surface area contributed by atoms with E-state index in [2.05, 4.69) is 0 Å². The summed E-state index contributed by atoms with van der Waals surface area (Å²) in [4.78, 5) is 13.0. The summed E-state index contributed by atoms with van der Waals surface area (Å²) in [6.45, 7) is 0. The largest absolute Gasteiger partial charge is 0.480 e. The Balaban J connectivity index is 2.05. The number of benzene rings is 1. The molecule has 0 aromatic heterocycles. The fourth-order valence-electron chi connectivity index (χ4n) is 2.89. The predicted octanol–water partition coefficient (Wildman–Crippen LogP) is 1.80. The van der Waals surface area contributed by atoms with Crippen molar-refractivity contribution < 1.29 is 14.3 Å². The SMILES string of the molecule is O=C(O)C1CCC2Cc3ccc(F)cc3N21. The van der Waals surface area contributed by atoms with Gasteiger partial charge < -0.3 is 10.0 Å². The molecule has 0 amide bonds. The fourth-order valence-corrected chi connectivity index (χ4v) is 2.89. The van der Waals surface area contributed by atoms with Gasteiger partial charge in [-0.2, -0.15) is 0 Å². The summed E-state index contributed by atoms with van der Waals surface area (Å²) in [6.07, 6.45) is 2.39. The molecular formula is C12H12FNO2. The first-order valence-electron chi connectivity index (χ1n) is 5.46. The van der Waals surface area contributed by atoms with Gasteiger partial charge in [-0.3, -0.25) is 0 Å². The van der Waals surface area contributed by atoms with Crippen molar-refractivity contribution in [1.29, 1.82) is 0 Å². The normalized spacial score (nSPS) is 26.7. The molecule has 3 nitrogen and oxygen atoms in total. The Morgan fingerprint density at radius 3 is 3.00 bits per heavy atom. The molecule has 1 fully saturated rings. The third-order valence-electron chi connectivity index (χ3n) is 3.57. The number of nitrogens with zero attached hydrogens (tertiary/aromatic N) is 1. The highest BCUT2D eigenvalue weighted by Crippen LogP contribution is 2.41. The number of fused-ring (bicyclic) bond motifs is 3. The fraction of sp³-hybridized carbons (Fsp3) is 0.417. The number of aliphatic carboxylic acids is 1. The molecule has 0 aliphatic carbocycles. The molecule has 2 heterocycles. The Morgan fingerprint density at radius 1 is 1.44 bits per heavy atom.